The van der Waals surface area contributed by atoms with Gasteiger partial charge in [0.15, 0.2) is 0 Å². The Morgan fingerprint density at radius 1 is 0.407 bits per heavy atom. The average molecular weight is 757 g/mol. The lowest BCUT2D eigenvalue weighted by Gasteiger charge is -2.29. The van der Waals surface area contributed by atoms with Crippen molar-refractivity contribution in [2.45, 2.75) is 13.8 Å². The van der Waals surface area contributed by atoms with Crippen LogP contribution in [0.15, 0.2) is 211 Å². The van der Waals surface area contributed by atoms with Crippen molar-refractivity contribution in [1.82, 2.24) is 4.57 Å². The Morgan fingerprint density at radius 2 is 1.00 bits per heavy atom. The first kappa shape index (κ1) is 34.6. The van der Waals surface area contributed by atoms with Gasteiger partial charge in [-0.2, -0.15) is 0 Å². The van der Waals surface area contributed by atoms with E-state index in [1.807, 2.05) is 0 Å². The highest BCUT2D eigenvalue weighted by Crippen LogP contribution is 2.47. The summed E-state index contributed by atoms with van der Waals surface area (Å²) in [6.07, 6.45) is 0. The largest absolute Gasteiger partial charge is 0.455 e. The fourth-order valence-corrected chi connectivity index (χ4v) is 9.16. The molecule has 11 rings (SSSR count). The Hall–Kier alpha value is -7.62. The van der Waals surface area contributed by atoms with Crippen molar-refractivity contribution in [3.8, 4) is 39.1 Å². The van der Waals surface area contributed by atoms with Crippen molar-refractivity contribution in [1.29, 1.82) is 0 Å². The molecule has 0 aliphatic heterocycles. The van der Waals surface area contributed by atoms with Crippen molar-refractivity contribution in [3.63, 3.8) is 0 Å². The fraction of sp³-hybridized carbons (Fsp3) is 0.0357. The normalized spacial score (nSPS) is 11.6. The SMILES string of the molecule is Cc1cccc(N(c2cc(C)c(-c3ccccc3)c(-c3ccccc3)c2)c2cc(-c3ccccc3-n3c4ccccc4c4ccccc43)c3oc4ccccc4c3c2)c1. The molecule has 0 N–H and O–H groups in total. The van der Waals surface area contributed by atoms with Gasteiger partial charge in [0.25, 0.3) is 0 Å². The summed E-state index contributed by atoms with van der Waals surface area (Å²) in [6, 6.07) is 74.4. The molecule has 0 saturated heterocycles. The minimum atomic E-state index is 0.867. The van der Waals surface area contributed by atoms with Gasteiger partial charge in [-0.15, -0.1) is 0 Å². The van der Waals surface area contributed by atoms with Crippen LogP contribution < -0.4 is 4.90 Å². The van der Waals surface area contributed by atoms with Crippen molar-refractivity contribution in [3.05, 3.63) is 217 Å². The molecule has 0 aliphatic rings. The minimum absolute atomic E-state index is 0.867. The van der Waals surface area contributed by atoms with Gasteiger partial charge in [0.2, 0.25) is 0 Å². The van der Waals surface area contributed by atoms with E-state index in [2.05, 4.69) is 230 Å². The maximum atomic E-state index is 6.88. The highest BCUT2D eigenvalue weighted by atomic mass is 16.3. The topological polar surface area (TPSA) is 21.3 Å². The summed E-state index contributed by atoms with van der Waals surface area (Å²) < 4.78 is 9.30. The molecule has 0 amide bonds. The number of rotatable bonds is 7. The molecule has 0 bridgehead atoms. The summed E-state index contributed by atoms with van der Waals surface area (Å²) >= 11 is 0. The number of benzene rings is 9. The number of anilines is 3. The standard InChI is InChI=1S/C56H40N2O/c1-37-18-17-23-41(32-37)57(42-33-38(2)55(40-21-7-4-8-22-40)48(34-42)39-19-5-3-6-20-39)43-35-49(56-50(36-43)47-27-12-16-31-54(47)59-56)46-26-11-15-30-53(46)58-51-28-13-9-24-44(51)45-25-10-14-29-52(45)58/h3-36H,1-2H3. The van der Waals surface area contributed by atoms with E-state index in [1.54, 1.807) is 0 Å². The molecular weight excluding hydrogens is 717 g/mol. The van der Waals surface area contributed by atoms with Gasteiger partial charge in [-0.25, -0.2) is 0 Å². The molecule has 0 unspecified atom stereocenters. The zero-order valence-corrected chi connectivity index (χ0v) is 32.9. The van der Waals surface area contributed by atoms with E-state index in [-0.39, 0.29) is 0 Å². The number of hydrogen-bond acceptors (Lipinski definition) is 2. The van der Waals surface area contributed by atoms with Crippen LogP contribution in [0.5, 0.6) is 0 Å². The summed E-state index contributed by atoms with van der Waals surface area (Å²) in [5.41, 5.74) is 17.7. The average Bonchev–Trinajstić information content (AvgIpc) is 3.83. The molecule has 0 spiro atoms. The van der Waals surface area contributed by atoms with E-state index in [4.69, 9.17) is 4.42 Å². The Labute approximate surface area is 343 Å². The van der Waals surface area contributed by atoms with E-state index < -0.39 is 0 Å². The van der Waals surface area contributed by atoms with Gasteiger partial charge in [-0.1, -0.05) is 146 Å². The van der Waals surface area contributed by atoms with Gasteiger partial charge in [0.1, 0.15) is 11.2 Å². The second-order valence-electron chi connectivity index (χ2n) is 15.4. The van der Waals surface area contributed by atoms with Crippen LogP contribution in [-0.4, -0.2) is 4.57 Å². The third-order valence-corrected chi connectivity index (χ3v) is 11.7. The first-order valence-electron chi connectivity index (χ1n) is 20.3. The predicted octanol–water partition coefficient (Wildman–Crippen LogP) is 15.8. The first-order chi connectivity index (χ1) is 29.1. The summed E-state index contributed by atoms with van der Waals surface area (Å²) in [7, 11) is 0. The van der Waals surface area contributed by atoms with Gasteiger partial charge in [0, 0.05) is 49.7 Å². The molecule has 9 aromatic carbocycles. The van der Waals surface area contributed by atoms with Crippen LogP contribution in [0.1, 0.15) is 11.1 Å². The molecule has 0 aliphatic carbocycles. The first-order valence-corrected chi connectivity index (χ1v) is 20.3. The van der Waals surface area contributed by atoms with Crippen LogP contribution in [0.2, 0.25) is 0 Å². The number of nitrogens with zero attached hydrogens (tertiary/aromatic N) is 2. The van der Waals surface area contributed by atoms with E-state index in [0.29, 0.717) is 0 Å². The lowest BCUT2D eigenvalue weighted by atomic mass is 9.90. The quantitative estimate of drug-likeness (QED) is 0.161. The lowest BCUT2D eigenvalue weighted by Crippen LogP contribution is -2.11. The van der Waals surface area contributed by atoms with Crippen molar-refractivity contribution < 1.29 is 4.42 Å². The third kappa shape index (κ3) is 5.82. The molecular formula is C56H40N2O. The fourth-order valence-electron chi connectivity index (χ4n) is 9.16. The molecule has 59 heavy (non-hydrogen) atoms. The predicted molar refractivity (Wildman–Crippen MR) is 249 cm³/mol. The number of hydrogen-bond donors (Lipinski definition) is 0. The van der Waals surface area contributed by atoms with Crippen LogP contribution in [0.4, 0.5) is 17.1 Å². The molecule has 3 heteroatoms. The van der Waals surface area contributed by atoms with Gasteiger partial charge in [0.05, 0.1) is 16.7 Å². The van der Waals surface area contributed by atoms with Gasteiger partial charge in [-0.05, 0) is 108 Å². The lowest BCUT2D eigenvalue weighted by molar-refractivity contribution is 0.670. The number of aromatic nitrogens is 1. The summed E-state index contributed by atoms with van der Waals surface area (Å²) in [6.45, 7) is 4.41. The highest BCUT2D eigenvalue weighted by molar-refractivity contribution is 6.14. The smallest absolute Gasteiger partial charge is 0.143 e. The Kier molecular flexibility index (Phi) is 8.27. The number of para-hydroxylation sites is 4. The Bertz CT molecular complexity index is 3300. The van der Waals surface area contributed by atoms with E-state index in [9.17, 15) is 0 Å². The van der Waals surface area contributed by atoms with Gasteiger partial charge < -0.3 is 13.9 Å². The van der Waals surface area contributed by atoms with E-state index >= 15 is 0 Å². The number of aryl methyl sites for hydroxylation is 2. The summed E-state index contributed by atoms with van der Waals surface area (Å²) in [5, 5.41) is 4.62. The van der Waals surface area contributed by atoms with Crippen molar-refractivity contribution in [2.24, 2.45) is 0 Å². The molecule has 0 radical (unpaired) electrons. The summed E-state index contributed by atoms with van der Waals surface area (Å²) in [5.74, 6) is 0. The Morgan fingerprint density at radius 3 is 1.73 bits per heavy atom. The maximum absolute atomic E-state index is 6.88. The van der Waals surface area contributed by atoms with Gasteiger partial charge in [-0.3, -0.25) is 0 Å². The van der Waals surface area contributed by atoms with Crippen LogP contribution in [0.25, 0.3) is 82.8 Å². The monoisotopic (exact) mass is 756 g/mol. The molecule has 11 aromatic rings. The molecule has 3 nitrogen and oxygen atoms in total. The zero-order chi connectivity index (χ0) is 39.5. The zero-order valence-electron chi connectivity index (χ0n) is 32.9. The second-order valence-corrected chi connectivity index (χ2v) is 15.4. The number of furan rings is 1. The molecule has 2 heterocycles. The van der Waals surface area contributed by atoms with Crippen LogP contribution in [0, 0.1) is 13.8 Å². The molecule has 0 saturated carbocycles. The summed E-state index contributed by atoms with van der Waals surface area (Å²) in [4.78, 5) is 2.43. The minimum Gasteiger partial charge on any atom is -0.455 e. The Balaban J connectivity index is 1.22. The van der Waals surface area contributed by atoms with E-state index in [0.717, 1.165) is 55.8 Å². The molecule has 2 aromatic heterocycles. The molecule has 0 fully saturated rings. The van der Waals surface area contributed by atoms with Gasteiger partial charge >= 0.3 is 0 Å². The van der Waals surface area contributed by atoms with E-state index in [1.165, 1.54) is 55.2 Å². The van der Waals surface area contributed by atoms with Crippen LogP contribution >= 0.6 is 0 Å². The highest BCUT2D eigenvalue weighted by Gasteiger charge is 2.24. The van der Waals surface area contributed by atoms with Crippen molar-refractivity contribution >= 4 is 60.8 Å². The van der Waals surface area contributed by atoms with Crippen LogP contribution in [-0.2, 0) is 0 Å². The maximum Gasteiger partial charge on any atom is 0.143 e. The second kappa shape index (κ2) is 14.1. The molecule has 0 atom stereocenters. The number of fused-ring (bicyclic) bond motifs is 6. The third-order valence-electron chi connectivity index (χ3n) is 11.7. The van der Waals surface area contributed by atoms with Crippen LogP contribution in [0.3, 0.4) is 0 Å². The van der Waals surface area contributed by atoms with Crippen molar-refractivity contribution in [2.75, 3.05) is 4.90 Å². The molecule has 280 valence electrons.